The van der Waals surface area contributed by atoms with Gasteiger partial charge in [-0.05, 0) is 6.92 Å². The van der Waals surface area contributed by atoms with Crippen molar-refractivity contribution >= 4 is 11.9 Å². The third kappa shape index (κ3) is 4.27. The van der Waals surface area contributed by atoms with E-state index in [2.05, 4.69) is 25.4 Å². The first kappa shape index (κ1) is 18.6. The second-order valence-electron chi connectivity index (χ2n) is 4.37. The van der Waals surface area contributed by atoms with Gasteiger partial charge in [0, 0.05) is 12.8 Å². The molecular weight excluding hydrogens is 302 g/mol. The number of nitrogens with zero attached hydrogens (tertiary/aromatic N) is 4. The van der Waals surface area contributed by atoms with Crippen molar-refractivity contribution in [1.29, 1.82) is 0 Å². The van der Waals surface area contributed by atoms with Gasteiger partial charge in [0.05, 0.1) is 7.11 Å². The summed E-state index contributed by atoms with van der Waals surface area (Å²) in [7, 11) is 1.39. The van der Waals surface area contributed by atoms with Crippen LogP contribution in [-0.2, 0) is 19.0 Å². The Balaban J connectivity index is 0.00000127. The minimum absolute atomic E-state index is 0.0223. The Labute approximate surface area is 135 Å². The van der Waals surface area contributed by atoms with Crippen LogP contribution in [0.4, 0.5) is 5.95 Å². The molecule has 0 aromatic carbocycles. The molecule has 9 heteroatoms. The molecule has 9 nitrogen and oxygen atoms in total. The first-order valence-corrected chi connectivity index (χ1v) is 7.55. The van der Waals surface area contributed by atoms with Crippen molar-refractivity contribution in [2.75, 3.05) is 7.11 Å². The molecule has 23 heavy (non-hydrogen) atoms. The van der Waals surface area contributed by atoms with Crippen LogP contribution in [0.3, 0.4) is 0 Å². The largest absolute Gasteiger partial charge is 0.467 e. The van der Waals surface area contributed by atoms with Gasteiger partial charge >= 0.3 is 11.9 Å². The number of carbonyl (C=O) groups excluding carboxylic acids is 1. The molecule has 0 unspecified atom stereocenters. The third-order valence-electron chi connectivity index (χ3n) is 3.03. The summed E-state index contributed by atoms with van der Waals surface area (Å²) in [6, 6.07) is 0. The van der Waals surface area contributed by atoms with Gasteiger partial charge in [-0.1, -0.05) is 27.7 Å². The molecule has 2 rings (SSSR count). The molecule has 0 aliphatic carbocycles. The lowest BCUT2D eigenvalue weighted by Gasteiger charge is -2.35. The van der Waals surface area contributed by atoms with E-state index in [4.69, 9.17) is 14.2 Å². The summed E-state index contributed by atoms with van der Waals surface area (Å²) in [4.78, 5) is 16.0. The summed E-state index contributed by atoms with van der Waals surface area (Å²) >= 11 is 0. The van der Waals surface area contributed by atoms with Crippen LogP contribution in [0, 0.1) is 6.92 Å². The van der Waals surface area contributed by atoms with Crippen molar-refractivity contribution in [2.45, 2.75) is 53.2 Å². The lowest BCUT2D eigenvalue weighted by atomic mass is 10.1. The Morgan fingerprint density at radius 1 is 1.22 bits per heavy atom. The van der Waals surface area contributed by atoms with Crippen molar-refractivity contribution in [3.63, 3.8) is 0 Å². The van der Waals surface area contributed by atoms with Crippen LogP contribution in [0.2, 0.25) is 0 Å². The molecule has 1 aromatic rings. The number of rotatable bonds is 5. The lowest BCUT2D eigenvalue weighted by molar-refractivity contribution is -0.243. The van der Waals surface area contributed by atoms with Crippen LogP contribution in [0.5, 0.6) is 0 Å². The van der Waals surface area contributed by atoms with Crippen LogP contribution in [0.25, 0.3) is 0 Å². The number of aromatic amines is 1. The number of carbonyl (C=O) groups is 1. The van der Waals surface area contributed by atoms with E-state index in [9.17, 15) is 4.79 Å². The fourth-order valence-corrected chi connectivity index (χ4v) is 1.77. The monoisotopic (exact) mass is 325 g/mol. The number of methoxy groups -OCH3 is 1. The molecule has 0 saturated heterocycles. The SMILES string of the molecule is CC.CCC1(CC)OC(=O)C(N=Nc2n[nH]c(C)n2)=C(OC)O1. The van der Waals surface area contributed by atoms with E-state index >= 15 is 0 Å². The Morgan fingerprint density at radius 2 is 1.87 bits per heavy atom. The van der Waals surface area contributed by atoms with Gasteiger partial charge in [0.2, 0.25) is 0 Å². The van der Waals surface area contributed by atoms with Crippen molar-refractivity contribution in [3.05, 3.63) is 17.5 Å². The van der Waals surface area contributed by atoms with Gasteiger partial charge in [0.15, 0.2) is 0 Å². The van der Waals surface area contributed by atoms with Crippen molar-refractivity contribution in [3.8, 4) is 0 Å². The normalized spacial score (nSPS) is 16.5. The summed E-state index contributed by atoms with van der Waals surface area (Å²) in [5.74, 6) is -1.01. The predicted molar refractivity (Wildman–Crippen MR) is 81.5 cm³/mol. The molecule has 1 aliphatic rings. The second kappa shape index (κ2) is 8.25. The zero-order chi connectivity index (χ0) is 17.5. The topological polar surface area (TPSA) is 111 Å². The van der Waals surface area contributed by atoms with Crippen LogP contribution in [0.15, 0.2) is 21.9 Å². The maximum Gasteiger partial charge on any atom is 0.369 e. The molecule has 0 saturated carbocycles. The van der Waals surface area contributed by atoms with Crippen LogP contribution in [0.1, 0.15) is 46.4 Å². The van der Waals surface area contributed by atoms with E-state index in [0.717, 1.165) is 0 Å². The van der Waals surface area contributed by atoms with E-state index in [1.807, 2.05) is 27.7 Å². The maximum atomic E-state index is 12.1. The van der Waals surface area contributed by atoms with Gasteiger partial charge in [-0.15, -0.1) is 15.3 Å². The van der Waals surface area contributed by atoms with Crippen molar-refractivity contribution in [1.82, 2.24) is 15.2 Å². The first-order chi connectivity index (χ1) is 11.0. The van der Waals surface area contributed by atoms with Crippen molar-refractivity contribution in [2.24, 2.45) is 10.2 Å². The molecule has 128 valence electrons. The highest BCUT2D eigenvalue weighted by molar-refractivity contribution is 5.89. The van der Waals surface area contributed by atoms with Crippen LogP contribution < -0.4 is 0 Å². The first-order valence-electron chi connectivity index (χ1n) is 7.55. The van der Waals surface area contributed by atoms with Gasteiger partial charge in [0.25, 0.3) is 17.4 Å². The number of H-pyrrole nitrogens is 1. The van der Waals surface area contributed by atoms with Gasteiger partial charge in [-0.3, -0.25) is 5.10 Å². The van der Waals surface area contributed by atoms with Gasteiger partial charge in [-0.2, -0.15) is 4.98 Å². The summed E-state index contributed by atoms with van der Waals surface area (Å²) in [5.41, 5.74) is -0.155. The highest BCUT2D eigenvalue weighted by Gasteiger charge is 2.42. The molecule has 2 heterocycles. The lowest BCUT2D eigenvalue weighted by Crippen LogP contribution is -2.41. The minimum Gasteiger partial charge on any atom is -0.467 e. The number of hydrogen-bond acceptors (Lipinski definition) is 8. The fraction of sp³-hybridized carbons (Fsp3) is 0.643. The summed E-state index contributed by atoms with van der Waals surface area (Å²) in [6.07, 6.45) is 0.985. The zero-order valence-electron chi connectivity index (χ0n) is 14.3. The number of nitrogens with one attached hydrogen (secondary N) is 1. The van der Waals surface area contributed by atoms with Gasteiger partial charge < -0.3 is 14.2 Å². The maximum absolute atomic E-state index is 12.1. The molecule has 1 N–H and O–H groups in total. The number of ether oxygens (including phenoxy) is 3. The molecule has 0 fully saturated rings. The Morgan fingerprint density at radius 3 is 2.35 bits per heavy atom. The van der Waals surface area contributed by atoms with E-state index in [1.165, 1.54) is 7.11 Å². The summed E-state index contributed by atoms with van der Waals surface area (Å²) < 4.78 is 16.0. The van der Waals surface area contributed by atoms with Gasteiger partial charge in [0.1, 0.15) is 5.82 Å². The highest BCUT2D eigenvalue weighted by Crippen LogP contribution is 2.33. The molecule has 1 aliphatic heterocycles. The average molecular weight is 325 g/mol. The molecule has 0 atom stereocenters. The predicted octanol–water partition coefficient (Wildman–Crippen LogP) is 3.13. The third-order valence-corrected chi connectivity index (χ3v) is 3.03. The smallest absolute Gasteiger partial charge is 0.369 e. The fourth-order valence-electron chi connectivity index (χ4n) is 1.77. The summed E-state index contributed by atoms with van der Waals surface area (Å²) in [6.45, 7) is 9.43. The zero-order valence-corrected chi connectivity index (χ0v) is 14.3. The van der Waals surface area contributed by atoms with E-state index < -0.39 is 11.8 Å². The number of aromatic nitrogens is 3. The minimum atomic E-state index is -1.03. The van der Waals surface area contributed by atoms with E-state index in [0.29, 0.717) is 18.7 Å². The van der Waals surface area contributed by atoms with Crippen LogP contribution >= 0.6 is 0 Å². The number of cyclic esters (lactones) is 1. The number of esters is 1. The second-order valence-corrected chi connectivity index (χ2v) is 4.37. The molecule has 0 radical (unpaired) electrons. The summed E-state index contributed by atoms with van der Waals surface area (Å²) in [5, 5.41) is 13.9. The number of azo groups is 1. The number of hydrogen-bond donors (Lipinski definition) is 1. The quantitative estimate of drug-likeness (QED) is 0.657. The molecular formula is C14H23N5O4. The molecule has 0 bridgehead atoms. The van der Waals surface area contributed by atoms with E-state index in [1.54, 1.807) is 6.92 Å². The van der Waals surface area contributed by atoms with Crippen LogP contribution in [-0.4, -0.2) is 34.0 Å². The van der Waals surface area contributed by atoms with Gasteiger partial charge in [-0.25, -0.2) is 4.79 Å². The Kier molecular flexibility index (Phi) is 6.67. The molecule has 0 amide bonds. The Bertz CT molecular complexity index is 590. The van der Waals surface area contributed by atoms with Crippen molar-refractivity contribution < 1.29 is 19.0 Å². The molecule has 1 aromatic heterocycles. The Hall–Kier alpha value is -2.45. The standard InChI is InChI=1S/C12H17N5O4.C2H6/c1-5-12(6-2)20-9(18)8(10(19-4)21-12)15-17-11-13-7(3)14-16-11;1-2/h5-6H2,1-4H3,(H,13,14,16);1-2H3. The highest BCUT2D eigenvalue weighted by atomic mass is 16.8. The number of aryl methyl sites for hydroxylation is 1. The van der Waals surface area contributed by atoms with E-state index in [-0.39, 0.29) is 17.6 Å². The molecule has 0 spiro atoms. The average Bonchev–Trinajstić information content (AvgIpc) is 3.00.